The summed E-state index contributed by atoms with van der Waals surface area (Å²) in [5, 5.41) is 11.2. The maximum atomic E-state index is 12.9. The van der Waals surface area contributed by atoms with E-state index in [1.54, 1.807) is 12.2 Å². The Morgan fingerprint density at radius 3 is 2.25 bits per heavy atom. The number of hydrogen-bond acceptors (Lipinski definition) is 6. The van der Waals surface area contributed by atoms with Gasteiger partial charge in [0.05, 0.1) is 19.3 Å². The fourth-order valence-corrected chi connectivity index (χ4v) is 5.08. The highest BCUT2D eigenvalue weighted by Gasteiger charge is 2.62. The standard InChI is InChI=1S/C10H14Cl2NO6P/c11-3-5-17-20(16,18-6-4-12)10-8-2-1-7(19-8)9(10)13(14)15/h1-2,7-10H,3-6H2/t7-,8+,9+,10+/m0/s1. The third-order valence-corrected chi connectivity index (χ3v) is 5.86. The van der Waals surface area contributed by atoms with Crippen LogP contribution in [-0.2, 0) is 18.3 Å². The van der Waals surface area contributed by atoms with E-state index < -0.39 is 36.4 Å². The molecule has 114 valence electrons. The van der Waals surface area contributed by atoms with Gasteiger partial charge < -0.3 is 13.8 Å². The zero-order valence-corrected chi connectivity index (χ0v) is 12.8. The van der Waals surface area contributed by atoms with Crippen molar-refractivity contribution in [3.63, 3.8) is 0 Å². The topological polar surface area (TPSA) is 87.9 Å². The first-order valence-electron chi connectivity index (χ1n) is 6.01. The molecular weight excluding hydrogens is 332 g/mol. The van der Waals surface area contributed by atoms with E-state index in [0.717, 1.165) is 0 Å². The highest BCUT2D eigenvalue weighted by Crippen LogP contribution is 2.60. The predicted octanol–water partition coefficient (Wildman–Crippen LogP) is 2.04. The Morgan fingerprint density at radius 2 is 1.75 bits per heavy atom. The van der Waals surface area contributed by atoms with Gasteiger partial charge in [-0.3, -0.25) is 14.7 Å². The fraction of sp³-hybridized carbons (Fsp3) is 0.800. The Morgan fingerprint density at radius 1 is 1.20 bits per heavy atom. The van der Waals surface area contributed by atoms with Crippen LogP contribution in [0.4, 0.5) is 0 Å². The number of hydrogen-bond donors (Lipinski definition) is 0. The first-order chi connectivity index (χ1) is 9.53. The lowest BCUT2D eigenvalue weighted by Crippen LogP contribution is -2.41. The van der Waals surface area contributed by atoms with Gasteiger partial charge in [0.25, 0.3) is 6.04 Å². The van der Waals surface area contributed by atoms with Crippen molar-refractivity contribution in [3.05, 3.63) is 22.3 Å². The lowest BCUT2D eigenvalue weighted by Gasteiger charge is -2.27. The summed E-state index contributed by atoms with van der Waals surface area (Å²) in [6, 6.07) is -1.15. The van der Waals surface area contributed by atoms with Crippen molar-refractivity contribution in [2.24, 2.45) is 0 Å². The second kappa shape index (κ2) is 6.73. The van der Waals surface area contributed by atoms with Crippen molar-refractivity contribution < 1.29 is 23.3 Å². The number of rotatable bonds is 8. The van der Waals surface area contributed by atoms with Gasteiger partial charge in [0.1, 0.15) is 6.10 Å². The van der Waals surface area contributed by atoms with Gasteiger partial charge in [-0.1, -0.05) is 12.2 Å². The minimum absolute atomic E-state index is 0.0246. The van der Waals surface area contributed by atoms with Crippen LogP contribution in [-0.4, -0.2) is 53.8 Å². The van der Waals surface area contributed by atoms with E-state index in [0.29, 0.717) is 0 Å². The van der Waals surface area contributed by atoms with Crippen LogP contribution in [0.1, 0.15) is 0 Å². The molecule has 1 saturated heterocycles. The largest absolute Gasteiger partial charge is 0.358 e. The Balaban J connectivity index is 2.24. The highest BCUT2D eigenvalue weighted by atomic mass is 35.5. The molecule has 0 radical (unpaired) electrons. The van der Waals surface area contributed by atoms with Crippen molar-refractivity contribution >= 4 is 30.8 Å². The summed E-state index contributed by atoms with van der Waals surface area (Å²) in [4.78, 5) is 10.7. The average molecular weight is 346 g/mol. The Kier molecular flexibility index (Phi) is 5.45. The monoisotopic (exact) mass is 345 g/mol. The molecule has 0 N–H and O–H groups in total. The molecule has 0 unspecified atom stereocenters. The SMILES string of the molecule is O=[N+]([O-])[C@H]1[C@H](P(=O)(OCCCl)OCCCl)[C@H]2C=C[C@@H]1O2. The molecule has 0 amide bonds. The number of nitrogens with zero attached hydrogens (tertiary/aromatic N) is 1. The zero-order chi connectivity index (χ0) is 14.8. The van der Waals surface area contributed by atoms with Gasteiger partial charge in [-0.15, -0.1) is 23.2 Å². The number of ether oxygens (including phenoxy) is 1. The van der Waals surface area contributed by atoms with Gasteiger partial charge in [0, 0.05) is 16.7 Å². The normalized spacial score (nSPS) is 31.9. The number of halogens is 2. The molecule has 2 heterocycles. The molecule has 7 nitrogen and oxygen atoms in total. The summed E-state index contributed by atoms with van der Waals surface area (Å²) in [5.41, 5.74) is -0.973. The predicted molar refractivity (Wildman–Crippen MR) is 73.3 cm³/mol. The third-order valence-electron chi connectivity index (χ3n) is 3.13. The summed E-state index contributed by atoms with van der Waals surface area (Å²) in [6.45, 7) is -0.0493. The van der Waals surface area contributed by atoms with Gasteiger partial charge in [-0.25, -0.2) is 0 Å². The molecule has 4 atom stereocenters. The maximum Gasteiger partial charge on any atom is 0.343 e. The molecule has 0 aromatic rings. The minimum Gasteiger partial charge on any atom is -0.358 e. The van der Waals surface area contributed by atoms with Crippen molar-refractivity contribution in [2.75, 3.05) is 25.0 Å². The minimum atomic E-state index is -3.74. The van der Waals surface area contributed by atoms with E-state index in [1.807, 2.05) is 0 Å². The van der Waals surface area contributed by atoms with E-state index in [1.165, 1.54) is 0 Å². The number of alkyl halides is 2. The highest BCUT2D eigenvalue weighted by molar-refractivity contribution is 7.54. The summed E-state index contributed by atoms with van der Waals surface area (Å²) in [6.07, 6.45) is 1.90. The summed E-state index contributed by atoms with van der Waals surface area (Å²) >= 11 is 11.0. The molecule has 0 saturated carbocycles. The van der Waals surface area contributed by atoms with E-state index in [9.17, 15) is 14.7 Å². The zero-order valence-electron chi connectivity index (χ0n) is 10.4. The fourth-order valence-electron chi connectivity index (χ4n) is 2.41. The molecule has 2 bridgehead atoms. The van der Waals surface area contributed by atoms with Crippen molar-refractivity contribution in [3.8, 4) is 0 Å². The number of nitro groups is 1. The van der Waals surface area contributed by atoms with Gasteiger partial charge in [0.15, 0.2) is 5.66 Å². The average Bonchev–Trinajstić information content (AvgIpc) is 3.03. The summed E-state index contributed by atoms with van der Waals surface area (Å²) in [7, 11) is -3.74. The van der Waals surface area contributed by atoms with Crippen LogP contribution in [0.25, 0.3) is 0 Å². The quantitative estimate of drug-likeness (QED) is 0.220. The van der Waals surface area contributed by atoms with Crippen LogP contribution in [0.5, 0.6) is 0 Å². The first-order valence-corrected chi connectivity index (χ1v) is 8.69. The molecule has 10 heteroatoms. The second-order valence-corrected chi connectivity index (χ2v) is 7.25. The van der Waals surface area contributed by atoms with Crippen LogP contribution in [0, 0.1) is 10.1 Å². The lowest BCUT2D eigenvalue weighted by atomic mass is 10.0. The smallest absolute Gasteiger partial charge is 0.343 e. The van der Waals surface area contributed by atoms with E-state index in [-0.39, 0.29) is 25.0 Å². The van der Waals surface area contributed by atoms with E-state index >= 15 is 0 Å². The van der Waals surface area contributed by atoms with Crippen molar-refractivity contribution in [2.45, 2.75) is 23.9 Å². The van der Waals surface area contributed by atoms with Crippen LogP contribution in [0.2, 0.25) is 0 Å². The molecule has 2 aliphatic heterocycles. The van der Waals surface area contributed by atoms with Crippen molar-refractivity contribution in [1.82, 2.24) is 0 Å². The van der Waals surface area contributed by atoms with Crippen LogP contribution < -0.4 is 0 Å². The Bertz CT molecular complexity index is 435. The lowest BCUT2D eigenvalue weighted by molar-refractivity contribution is -0.524. The molecule has 0 aliphatic carbocycles. The third kappa shape index (κ3) is 3.03. The molecule has 1 fully saturated rings. The van der Waals surface area contributed by atoms with Crippen molar-refractivity contribution in [1.29, 1.82) is 0 Å². The van der Waals surface area contributed by atoms with Gasteiger partial charge in [-0.2, -0.15) is 0 Å². The summed E-state index contributed by atoms with van der Waals surface area (Å²) in [5.74, 6) is 0.212. The molecule has 0 spiro atoms. The molecule has 0 aromatic carbocycles. The second-order valence-electron chi connectivity index (χ2n) is 4.30. The van der Waals surface area contributed by atoms with Gasteiger partial charge in [-0.05, 0) is 0 Å². The van der Waals surface area contributed by atoms with Crippen LogP contribution in [0.15, 0.2) is 12.2 Å². The molecule has 2 aliphatic rings. The Labute approximate surface area is 125 Å². The molecule has 20 heavy (non-hydrogen) atoms. The maximum absolute atomic E-state index is 12.9. The van der Waals surface area contributed by atoms with Gasteiger partial charge >= 0.3 is 7.60 Å². The van der Waals surface area contributed by atoms with E-state index in [2.05, 4.69) is 0 Å². The van der Waals surface area contributed by atoms with Crippen LogP contribution >= 0.6 is 30.8 Å². The molecule has 0 aromatic heterocycles. The molecule has 2 rings (SSSR count). The summed E-state index contributed by atoms with van der Waals surface area (Å²) < 4.78 is 28.7. The molecular formula is C10H14Cl2NO6P. The number of fused-ring (bicyclic) bond motifs is 2. The van der Waals surface area contributed by atoms with Crippen LogP contribution in [0.3, 0.4) is 0 Å². The Hall–Kier alpha value is -0.170. The van der Waals surface area contributed by atoms with Gasteiger partial charge in [0.2, 0.25) is 0 Å². The first kappa shape index (κ1) is 16.2. The van der Waals surface area contributed by atoms with E-state index in [4.69, 9.17) is 37.0 Å².